The second kappa shape index (κ2) is 9.33. The van der Waals surface area contributed by atoms with E-state index in [1.54, 1.807) is 11.8 Å². The maximum atomic E-state index is 12.3. The zero-order valence-electron chi connectivity index (χ0n) is 15.8. The van der Waals surface area contributed by atoms with Crippen molar-refractivity contribution >= 4 is 23.4 Å². The molecule has 0 aliphatic carbocycles. The number of hydrogen-bond donors (Lipinski definition) is 2. The number of hydrogen-bond acceptors (Lipinski definition) is 4. The first-order chi connectivity index (χ1) is 12.4. The van der Waals surface area contributed by atoms with Gasteiger partial charge in [-0.15, -0.1) is 0 Å². The topological polar surface area (TPSA) is 81.8 Å². The third-order valence-electron chi connectivity index (χ3n) is 4.73. The van der Waals surface area contributed by atoms with Gasteiger partial charge in [-0.25, -0.2) is 0 Å². The van der Waals surface area contributed by atoms with Gasteiger partial charge in [0.05, 0.1) is 13.1 Å². The maximum absolute atomic E-state index is 12.3. The highest BCUT2D eigenvalue weighted by molar-refractivity contribution is 5.93. The van der Waals surface area contributed by atoms with Gasteiger partial charge < -0.3 is 15.5 Å². The lowest BCUT2D eigenvalue weighted by Gasteiger charge is -2.34. The summed E-state index contributed by atoms with van der Waals surface area (Å²) < 4.78 is 0. The molecule has 0 unspecified atom stereocenters. The van der Waals surface area contributed by atoms with Gasteiger partial charge in [0.15, 0.2) is 0 Å². The molecule has 1 saturated heterocycles. The Hall–Kier alpha value is -2.41. The molecule has 1 aliphatic rings. The van der Waals surface area contributed by atoms with Crippen LogP contribution < -0.4 is 10.6 Å². The maximum Gasteiger partial charge on any atom is 0.242 e. The largest absolute Gasteiger partial charge is 0.347 e. The lowest BCUT2D eigenvalue weighted by molar-refractivity contribution is -0.134. The minimum atomic E-state index is -0.125. The van der Waals surface area contributed by atoms with Crippen LogP contribution in [-0.2, 0) is 14.4 Å². The van der Waals surface area contributed by atoms with Crippen molar-refractivity contribution in [2.75, 3.05) is 44.6 Å². The fraction of sp³-hybridized carbons (Fsp3) is 0.526. The van der Waals surface area contributed by atoms with Gasteiger partial charge in [-0.3, -0.25) is 19.3 Å². The number of benzene rings is 1. The molecular formula is C19H28N4O3. The Bertz CT molecular complexity index is 667. The predicted molar refractivity (Wildman–Crippen MR) is 101 cm³/mol. The molecule has 2 rings (SSSR count). The third kappa shape index (κ3) is 5.56. The zero-order chi connectivity index (χ0) is 19.1. The summed E-state index contributed by atoms with van der Waals surface area (Å²) in [5.74, 6) is -0.250. The molecule has 1 aromatic carbocycles. The van der Waals surface area contributed by atoms with Gasteiger partial charge in [0.25, 0.3) is 0 Å². The quantitative estimate of drug-likeness (QED) is 0.790. The van der Waals surface area contributed by atoms with E-state index in [1.807, 2.05) is 36.9 Å². The van der Waals surface area contributed by atoms with Crippen LogP contribution in [0.2, 0.25) is 0 Å². The molecule has 1 aliphatic heterocycles. The van der Waals surface area contributed by atoms with E-state index in [1.165, 1.54) is 0 Å². The molecule has 0 spiro atoms. The second-order valence-electron chi connectivity index (χ2n) is 6.58. The van der Waals surface area contributed by atoms with Crippen LogP contribution in [0.4, 0.5) is 5.69 Å². The van der Waals surface area contributed by atoms with E-state index in [4.69, 9.17) is 0 Å². The van der Waals surface area contributed by atoms with E-state index in [0.717, 1.165) is 16.8 Å². The molecule has 0 bridgehead atoms. The van der Waals surface area contributed by atoms with Crippen LogP contribution in [0.5, 0.6) is 0 Å². The summed E-state index contributed by atoms with van der Waals surface area (Å²) in [7, 11) is 0. The molecule has 1 heterocycles. The summed E-state index contributed by atoms with van der Waals surface area (Å²) in [5, 5.41) is 5.56. The Morgan fingerprint density at radius 1 is 1.04 bits per heavy atom. The van der Waals surface area contributed by atoms with Crippen molar-refractivity contribution in [1.82, 2.24) is 15.1 Å². The molecule has 1 aromatic rings. The standard InChI is InChI=1S/C19H28N4O3/c1-4-17(24)20-12-19(26)23-10-8-22(9-11-23)13-18(25)21-16-7-5-6-14(2)15(16)3/h5-7H,4,8-13H2,1-3H3,(H,20,24)(H,21,25). The molecule has 7 nitrogen and oxygen atoms in total. The predicted octanol–water partition coefficient (Wildman–Crippen LogP) is 0.912. The van der Waals surface area contributed by atoms with E-state index in [0.29, 0.717) is 39.1 Å². The number of rotatable bonds is 6. The Labute approximate surface area is 154 Å². The van der Waals surface area contributed by atoms with Crippen LogP contribution in [0.15, 0.2) is 18.2 Å². The Balaban J connectivity index is 1.76. The molecule has 2 N–H and O–H groups in total. The monoisotopic (exact) mass is 360 g/mol. The molecule has 0 aromatic heterocycles. The van der Waals surface area contributed by atoms with Crippen LogP contribution in [-0.4, -0.2) is 66.8 Å². The highest BCUT2D eigenvalue weighted by atomic mass is 16.2. The normalized spacial score (nSPS) is 14.8. The minimum Gasteiger partial charge on any atom is -0.347 e. The average Bonchev–Trinajstić information content (AvgIpc) is 2.63. The first-order valence-electron chi connectivity index (χ1n) is 9.03. The van der Waals surface area contributed by atoms with E-state index < -0.39 is 0 Å². The molecule has 3 amide bonds. The first-order valence-corrected chi connectivity index (χ1v) is 9.03. The molecular weight excluding hydrogens is 332 g/mol. The van der Waals surface area contributed by atoms with E-state index in [9.17, 15) is 14.4 Å². The summed E-state index contributed by atoms with van der Waals surface area (Å²) in [6, 6.07) is 5.85. The van der Waals surface area contributed by atoms with Crippen LogP contribution in [0.1, 0.15) is 24.5 Å². The summed E-state index contributed by atoms with van der Waals surface area (Å²) in [5.41, 5.74) is 3.06. The summed E-state index contributed by atoms with van der Waals surface area (Å²) in [6.45, 7) is 8.54. The van der Waals surface area contributed by atoms with Crippen molar-refractivity contribution in [3.05, 3.63) is 29.3 Å². The molecule has 0 radical (unpaired) electrons. The van der Waals surface area contributed by atoms with E-state index in [2.05, 4.69) is 10.6 Å². The Morgan fingerprint density at radius 2 is 1.73 bits per heavy atom. The van der Waals surface area contributed by atoms with Crippen molar-refractivity contribution < 1.29 is 14.4 Å². The highest BCUT2D eigenvalue weighted by Gasteiger charge is 2.22. The fourth-order valence-corrected chi connectivity index (χ4v) is 2.85. The first kappa shape index (κ1) is 19.9. The van der Waals surface area contributed by atoms with Gasteiger partial charge in [0.1, 0.15) is 0 Å². The molecule has 142 valence electrons. The smallest absolute Gasteiger partial charge is 0.242 e. The van der Waals surface area contributed by atoms with Gasteiger partial charge in [0, 0.05) is 38.3 Å². The van der Waals surface area contributed by atoms with Crippen molar-refractivity contribution in [2.24, 2.45) is 0 Å². The van der Waals surface area contributed by atoms with Crippen LogP contribution in [0, 0.1) is 13.8 Å². The number of amides is 3. The zero-order valence-corrected chi connectivity index (χ0v) is 15.8. The Kier molecular flexibility index (Phi) is 7.15. The van der Waals surface area contributed by atoms with Gasteiger partial charge in [0.2, 0.25) is 17.7 Å². The number of nitrogens with one attached hydrogen (secondary N) is 2. The lowest BCUT2D eigenvalue weighted by Crippen LogP contribution is -2.52. The Morgan fingerprint density at radius 3 is 2.38 bits per heavy atom. The number of nitrogens with zero attached hydrogens (tertiary/aromatic N) is 2. The number of carbonyl (C=O) groups is 3. The molecule has 7 heteroatoms. The average molecular weight is 360 g/mol. The van der Waals surface area contributed by atoms with Crippen molar-refractivity contribution in [1.29, 1.82) is 0 Å². The summed E-state index contributed by atoms with van der Waals surface area (Å²) >= 11 is 0. The SMILES string of the molecule is CCC(=O)NCC(=O)N1CCN(CC(=O)Nc2cccc(C)c2C)CC1. The minimum absolute atomic E-state index is 0.0415. The number of anilines is 1. The van der Waals surface area contributed by atoms with Crippen LogP contribution in [0.25, 0.3) is 0 Å². The van der Waals surface area contributed by atoms with E-state index >= 15 is 0 Å². The van der Waals surface area contributed by atoms with Crippen molar-refractivity contribution in [2.45, 2.75) is 27.2 Å². The number of aryl methyl sites for hydroxylation is 1. The summed E-state index contributed by atoms with van der Waals surface area (Å²) in [4.78, 5) is 39.4. The highest BCUT2D eigenvalue weighted by Crippen LogP contribution is 2.17. The lowest BCUT2D eigenvalue weighted by atomic mass is 10.1. The third-order valence-corrected chi connectivity index (χ3v) is 4.73. The van der Waals surface area contributed by atoms with Crippen molar-refractivity contribution in [3.8, 4) is 0 Å². The van der Waals surface area contributed by atoms with Gasteiger partial charge in [-0.2, -0.15) is 0 Å². The van der Waals surface area contributed by atoms with Crippen molar-refractivity contribution in [3.63, 3.8) is 0 Å². The van der Waals surface area contributed by atoms with Gasteiger partial charge in [-0.05, 0) is 31.0 Å². The molecule has 26 heavy (non-hydrogen) atoms. The molecule has 1 fully saturated rings. The molecule has 0 saturated carbocycles. The van der Waals surface area contributed by atoms with Crippen LogP contribution in [0.3, 0.4) is 0 Å². The number of carbonyl (C=O) groups excluding carboxylic acids is 3. The van der Waals surface area contributed by atoms with Crippen LogP contribution >= 0.6 is 0 Å². The molecule has 0 atom stereocenters. The fourth-order valence-electron chi connectivity index (χ4n) is 2.85. The number of piperazine rings is 1. The van der Waals surface area contributed by atoms with E-state index in [-0.39, 0.29) is 24.3 Å². The second-order valence-corrected chi connectivity index (χ2v) is 6.58. The van der Waals surface area contributed by atoms with Gasteiger partial charge >= 0.3 is 0 Å². The van der Waals surface area contributed by atoms with Gasteiger partial charge in [-0.1, -0.05) is 19.1 Å². The summed E-state index contributed by atoms with van der Waals surface area (Å²) in [6.07, 6.45) is 0.372.